The van der Waals surface area contributed by atoms with Gasteiger partial charge in [-0.05, 0) is 37.5 Å². The summed E-state index contributed by atoms with van der Waals surface area (Å²) in [7, 11) is 0. The summed E-state index contributed by atoms with van der Waals surface area (Å²) in [4.78, 5) is 25.4. The van der Waals surface area contributed by atoms with E-state index in [0.29, 0.717) is 12.8 Å². The van der Waals surface area contributed by atoms with E-state index in [4.69, 9.17) is 0 Å². The van der Waals surface area contributed by atoms with Gasteiger partial charge in [0.25, 0.3) is 0 Å². The van der Waals surface area contributed by atoms with Crippen molar-refractivity contribution in [3.8, 4) is 0 Å². The van der Waals surface area contributed by atoms with Crippen LogP contribution in [0.25, 0.3) is 0 Å². The molecule has 114 valence electrons. The summed E-state index contributed by atoms with van der Waals surface area (Å²) in [6.45, 7) is 4.94. The first-order valence-electron chi connectivity index (χ1n) is 7.79. The zero-order valence-corrected chi connectivity index (χ0v) is 12.9. The number of rotatable bonds is 6. The Kier molecular flexibility index (Phi) is 5.37. The monoisotopic (exact) mass is 288 g/mol. The molecule has 4 nitrogen and oxygen atoms in total. The fourth-order valence-corrected chi connectivity index (χ4v) is 2.73. The molecule has 1 aromatic rings. The summed E-state index contributed by atoms with van der Waals surface area (Å²) in [6, 6.07) is 7.96. The van der Waals surface area contributed by atoms with Crippen LogP contribution in [0, 0.1) is 0 Å². The number of nitrogens with one attached hydrogen (secondary N) is 1. The lowest BCUT2D eigenvalue weighted by Crippen LogP contribution is -2.33. The summed E-state index contributed by atoms with van der Waals surface area (Å²) in [5.41, 5.74) is 1.91. The molecule has 0 aromatic heterocycles. The maximum Gasteiger partial charge on any atom is 0.227 e. The van der Waals surface area contributed by atoms with Gasteiger partial charge in [-0.2, -0.15) is 0 Å². The van der Waals surface area contributed by atoms with Gasteiger partial charge in [0.1, 0.15) is 0 Å². The Morgan fingerprint density at radius 1 is 1.33 bits per heavy atom. The number of anilines is 1. The molecule has 1 saturated heterocycles. The van der Waals surface area contributed by atoms with Crippen LogP contribution < -0.4 is 10.2 Å². The molecule has 2 rings (SSSR count). The van der Waals surface area contributed by atoms with Gasteiger partial charge in [-0.1, -0.05) is 25.5 Å². The van der Waals surface area contributed by atoms with Crippen LogP contribution in [0.3, 0.4) is 0 Å². The first-order chi connectivity index (χ1) is 10.1. The van der Waals surface area contributed by atoms with Gasteiger partial charge in [0.05, 0.1) is 6.42 Å². The molecule has 1 fully saturated rings. The third kappa shape index (κ3) is 4.31. The number of hydrogen-bond acceptors (Lipinski definition) is 2. The van der Waals surface area contributed by atoms with E-state index < -0.39 is 0 Å². The Labute approximate surface area is 126 Å². The van der Waals surface area contributed by atoms with Gasteiger partial charge in [0.15, 0.2) is 0 Å². The lowest BCUT2D eigenvalue weighted by atomic mass is 10.1. The quantitative estimate of drug-likeness (QED) is 0.875. The van der Waals surface area contributed by atoms with Crippen LogP contribution in [-0.2, 0) is 16.0 Å². The third-order valence-electron chi connectivity index (χ3n) is 3.82. The number of amides is 2. The van der Waals surface area contributed by atoms with Crippen molar-refractivity contribution in [3.63, 3.8) is 0 Å². The molecule has 1 heterocycles. The van der Waals surface area contributed by atoms with Gasteiger partial charge in [0, 0.05) is 24.7 Å². The molecule has 1 N–H and O–H groups in total. The molecule has 0 saturated carbocycles. The Bertz CT molecular complexity index is 496. The van der Waals surface area contributed by atoms with E-state index in [9.17, 15) is 9.59 Å². The number of carbonyl (C=O) groups is 2. The van der Waals surface area contributed by atoms with Gasteiger partial charge < -0.3 is 10.2 Å². The highest BCUT2D eigenvalue weighted by Crippen LogP contribution is 2.21. The average Bonchev–Trinajstić information content (AvgIpc) is 2.86. The van der Waals surface area contributed by atoms with E-state index in [2.05, 4.69) is 12.2 Å². The molecule has 0 spiro atoms. The van der Waals surface area contributed by atoms with Crippen LogP contribution in [0.15, 0.2) is 24.3 Å². The average molecular weight is 288 g/mol. The van der Waals surface area contributed by atoms with Crippen LogP contribution in [-0.4, -0.2) is 24.4 Å². The van der Waals surface area contributed by atoms with Crippen LogP contribution in [0.1, 0.15) is 45.1 Å². The molecule has 4 heteroatoms. The van der Waals surface area contributed by atoms with E-state index in [1.807, 2.05) is 36.1 Å². The van der Waals surface area contributed by atoms with Crippen LogP contribution in [0.4, 0.5) is 5.69 Å². The highest BCUT2D eigenvalue weighted by atomic mass is 16.2. The summed E-state index contributed by atoms with van der Waals surface area (Å²) < 4.78 is 0. The SMILES string of the molecule is CCC[C@@H](C)NC(=O)Cc1ccc(N2CCCC2=O)cc1. The Morgan fingerprint density at radius 3 is 2.62 bits per heavy atom. The maximum absolute atomic E-state index is 11.9. The maximum atomic E-state index is 11.9. The molecule has 0 aliphatic carbocycles. The van der Waals surface area contributed by atoms with Gasteiger partial charge in [-0.25, -0.2) is 0 Å². The molecule has 2 amide bonds. The number of carbonyl (C=O) groups excluding carboxylic acids is 2. The lowest BCUT2D eigenvalue weighted by Gasteiger charge is -2.16. The van der Waals surface area contributed by atoms with Crippen molar-refractivity contribution in [1.82, 2.24) is 5.32 Å². The van der Waals surface area contributed by atoms with Crippen molar-refractivity contribution < 1.29 is 9.59 Å². The van der Waals surface area contributed by atoms with Crippen molar-refractivity contribution in [2.24, 2.45) is 0 Å². The minimum absolute atomic E-state index is 0.0564. The Hall–Kier alpha value is -1.84. The standard InChI is InChI=1S/C17H24N2O2/c1-3-5-13(2)18-16(20)12-14-7-9-15(10-8-14)19-11-4-6-17(19)21/h7-10,13H,3-6,11-12H2,1-2H3,(H,18,20)/t13-/m1/s1. The third-order valence-corrected chi connectivity index (χ3v) is 3.82. The number of benzene rings is 1. The van der Waals surface area contributed by atoms with E-state index in [1.165, 1.54) is 0 Å². The normalized spacial score (nSPS) is 16.1. The van der Waals surface area contributed by atoms with Crippen molar-refractivity contribution >= 4 is 17.5 Å². The fourth-order valence-electron chi connectivity index (χ4n) is 2.73. The van der Waals surface area contributed by atoms with E-state index in [1.54, 1.807) is 0 Å². The molecule has 1 aromatic carbocycles. The van der Waals surface area contributed by atoms with Gasteiger partial charge in [-0.3, -0.25) is 9.59 Å². The van der Waals surface area contributed by atoms with Gasteiger partial charge in [0.2, 0.25) is 11.8 Å². The number of hydrogen-bond donors (Lipinski definition) is 1. The minimum atomic E-state index is 0.0564. The minimum Gasteiger partial charge on any atom is -0.353 e. The van der Waals surface area contributed by atoms with Gasteiger partial charge in [-0.15, -0.1) is 0 Å². The van der Waals surface area contributed by atoms with Crippen molar-refractivity contribution in [3.05, 3.63) is 29.8 Å². The molecule has 1 aliphatic heterocycles. The second-order valence-corrected chi connectivity index (χ2v) is 5.75. The summed E-state index contributed by atoms with van der Waals surface area (Å²) in [6.07, 6.45) is 4.03. The van der Waals surface area contributed by atoms with E-state index in [-0.39, 0.29) is 17.9 Å². The first-order valence-corrected chi connectivity index (χ1v) is 7.79. The fraction of sp³-hybridized carbons (Fsp3) is 0.529. The van der Waals surface area contributed by atoms with Crippen molar-refractivity contribution in [2.45, 2.75) is 52.0 Å². The van der Waals surface area contributed by atoms with Crippen LogP contribution in [0.2, 0.25) is 0 Å². The van der Waals surface area contributed by atoms with Crippen LogP contribution >= 0.6 is 0 Å². The van der Waals surface area contributed by atoms with Gasteiger partial charge >= 0.3 is 0 Å². The number of nitrogens with zero attached hydrogens (tertiary/aromatic N) is 1. The molecule has 1 aliphatic rings. The largest absolute Gasteiger partial charge is 0.353 e. The second-order valence-electron chi connectivity index (χ2n) is 5.75. The summed E-state index contributed by atoms with van der Waals surface area (Å²) in [5, 5.41) is 3.00. The topological polar surface area (TPSA) is 49.4 Å². The molecular weight excluding hydrogens is 264 g/mol. The smallest absolute Gasteiger partial charge is 0.227 e. The summed E-state index contributed by atoms with van der Waals surface area (Å²) >= 11 is 0. The molecular formula is C17H24N2O2. The predicted octanol–water partition coefficient (Wildman–Crippen LogP) is 2.66. The highest BCUT2D eigenvalue weighted by molar-refractivity contribution is 5.95. The van der Waals surface area contributed by atoms with Crippen LogP contribution in [0.5, 0.6) is 0 Å². The highest BCUT2D eigenvalue weighted by Gasteiger charge is 2.21. The van der Waals surface area contributed by atoms with E-state index >= 15 is 0 Å². The van der Waals surface area contributed by atoms with Crippen molar-refractivity contribution in [2.75, 3.05) is 11.4 Å². The Balaban J connectivity index is 1.90. The summed E-state index contributed by atoms with van der Waals surface area (Å²) in [5.74, 6) is 0.245. The van der Waals surface area contributed by atoms with Crippen molar-refractivity contribution in [1.29, 1.82) is 0 Å². The van der Waals surface area contributed by atoms with E-state index in [0.717, 1.165) is 37.1 Å². The zero-order chi connectivity index (χ0) is 15.2. The molecule has 0 radical (unpaired) electrons. The zero-order valence-electron chi connectivity index (χ0n) is 12.9. The molecule has 1 atom stereocenters. The second kappa shape index (κ2) is 7.25. The Morgan fingerprint density at radius 2 is 2.05 bits per heavy atom. The first kappa shape index (κ1) is 15.5. The lowest BCUT2D eigenvalue weighted by molar-refractivity contribution is -0.121. The molecule has 0 unspecified atom stereocenters. The predicted molar refractivity (Wildman–Crippen MR) is 84.2 cm³/mol. The molecule has 0 bridgehead atoms. The molecule has 21 heavy (non-hydrogen) atoms.